The molecule has 0 aromatic carbocycles. The van der Waals surface area contributed by atoms with E-state index in [1.807, 2.05) is 20.8 Å². The number of Topliss-reactive ketones (excluding diaryl/α,β-unsaturated/α-hetero) is 1. The third-order valence-electron chi connectivity index (χ3n) is 5.39. The minimum Gasteiger partial charge on any atom is -0.367 e. The van der Waals surface area contributed by atoms with Gasteiger partial charge in [0.2, 0.25) is 5.91 Å². The average Bonchev–Trinajstić information content (AvgIpc) is 3.39. The molecule has 2 fully saturated rings. The van der Waals surface area contributed by atoms with Crippen LogP contribution in [-0.4, -0.2) is 71.9 Å². The van der Waals surface area contributed by atoms with Crippen LogP contribution in [0.25, 0.3) is 0 Å². The van der Waals surface area contributed by atoms with E-state index in [-0.39, 0.29) is 35.7 Å². The summed E-state index contributed by atoms with van der Waals surface area (Å²) in [6, 6.07) is 0.245. The maximum absolute atomic E-state index is 13.1. The number of nitrogens with one attached hydrogen (secondary N) is 3. The fraction of sp³-hybridized carbons (Fsp3) is 0.667. The van der Waals surface area contributed by atoms with Crippen LogP contribution in [0.3, 0.4) is 0 Å². The molecule has 2 aliphatic rings. The minimum atomic E-state index is -0.738. The summed E-state index contributed by atoms with van der Waals surface area (Å²) in [5, 5.41) is 5.68. The zero-order chi connectivity index (χ0) is 21.0. The van der Waals surface area contributed by atoms with Crippen molar-refractivity contribution in [3.8, 4) is 0 Å². The Kier molecular flexibility index (Phi) is 6.74. The van der Waals surface area contributed by atoms with Crippen LogP contribution >= 0.6 is 0 Å². The van der Waals surface area contributed by atoms with Gasteiger partial charge in [0.15, 0.2) is 5.78 Å². The number of H-pyrrole nitrogens is 1. The number of hydrogen-bond acceptors (Lipinski definition) is 5. The Morgan fingerprint density at radius 1 is 1.31 bits per heavy atom. The first-order chi connectivity index (χ1) is 13.7. The van der Waals surface area contributed by atoms with Gasteiger partial charge in [0.05, 0.1) is 11.7 Å². The highest BCUT2D eigenvalue weighted by molar-refractivity contribution is 5.98. The smallest absolute Gasteiger partial charge is 0.253 e. The average molecular weight is 405 g/mol. The number of amides is 2. The van der Waals surface area contributed by atoms with E-state index < -0.39 is 12.1 Å². The Morgan fingerprint density at radius 2 is 2.03 bits per heavy atom. The van der Waals surface area contributed by atoms with Crippen LogP contribution in [0.5, 0.6) is 0 Å². The van der Waals surface area contributed by atoms with Gasteiger partial charge in [-0.3, -0.25) is 14.4 Å². The predicted octanol–water partition coefficient (Wildman–Crippen LogP) is 1.10. The van der Waals surface area contributed by atoms with Gasteiger partial charge in [0.25, 0.3) is 5.91 Å². The van der Waals surface area contributed by atoms with E-state index >= 15 is 0 Å². The van der Waals surface area contributed by atoms with Gasteiger partial charge in [0, 0.05) is 18.9 Å². The summed E-state index contributed by atoms with van der Waals surface area (Å²) in [6.07, 6.45) is 5.65. The zero-order valence-corrected chi connectivity index (χ0v) is 17.5. The Labute approximate surface area is 171 Å². The third kappa shape index (κ3) is 5.90. The molecule has 160 valence electrons. The van der Waals surface area contributed by atoms with Crippen LogP contribution in [0.2, 0.25) is 0 Å². The van der Waals surface area contributed by atoms with Crippen molar-refractivity contribution >= 4 is 17.6 Å². The SMILES string of the molecule is CC(C)(C)CC(NC(=O)c1cc[nH]c1)C(=O)NC1C(=O)COC1CN1CCCC1. The van der Waals surface area contributed by atoms with Gasteiger partial charge in [0.1, 0.15) is 18.7 Å². The molecule has 0 bridgehead atoms. The molecule has 1 aromatic rings. The van der Waals surface area contributed by atoms with Crippen molar-refractivity contribution in [1.82, 2.24) is 20.5 Å². The van der Waals surface area contributed by atoms with Crippen LogP contribution in [0.1, 0.15) is 50.4 Å². The molecular formula is C21H32N4O4. The number of carbonyl (C=O) groups excluding carboxylic acids is 3. The second-order valence-corrected chi connectivity index (χ2v) is 9.20. The largest absolute Gasteiger partial charge is 0.367 e. The van der Waals surface area contributed by atoms with Crippen molar-refractivity contribution in [1.29, 1.82) is 0 Å². The van der Waals surface area contributed by atoms with Crippen LogP contribution in [-0.2, 0) is 14.3 Å². The van der Waals surface area contributed by atoms with E-state index in [4.69, 9.17) is 4.74 Å². The molecule has 2 aliphatic heterocycles. The first kappa shape index (κ1) is 21.5. The number of carbonyl (C=O) groups is 3. The number of aromatic amines is 1. The molecule has 3 rings (SSSR count). The Balaban J connectivity index is 1.66. The van der Waals surface area contributed by atoms with E-state index in [0.717, 1.165) is 25.9 Å². The molecule has 0 aliphatic carbocycles. The van der Waals surface area contributed by atoms with Gasteiger partial charge in [-0.15, -0.1) is 0 Å². The lowest BCUT2D eigenvalue weighted by molar-refractivity contribution is -0.128. The molecule has 8 heteroatoms. The molecule has 1 aromatic heterocycles. The molecule has 3 atom stereocenters. The quantitative estimate of drug-likeness (QED) is 0.631. The molecule has 0 saturated carbocycles. The minimum absolute atomic E-state index is 0.0170. The van der Waals surface area contributed by atoms with Crippen molar-refractivity contribution in [3.63, 3.8) is 0 Å². The fourth-order valence-corrected chi connectivity index (χ4v) is 3.92. The number of rotatable bonds is 7. The number of ether oxygens (including phenoxy) is 1. The van der Waals surface area contributed by atoms with Crippen LogP contribution < -0.4 is 10.6 Å². The van der Waals surface area contributed by atoms with Gasteiger partial charge in [-0.25, -0.2) is 0 Å². The topological polar surface area (TPSA) is 104 Å². The highest BCUT2D eigenvalue weighted by Gasteiger charge is 2.40. The Hall–Kier alpha value is -2.19. The standard InChI is InChI=1S/C21H32N4O4/c1-21(2,3)10-15(23-19(27)14-6-7-22-11-14)20(28)24-18-16(26)13-29-17(18)12-25-8-4-5-9-25/h6-7,11,15,17-18,22H,4-5,8-10,12-13H2,1-3H3,(H,23,27)(H,24,28). The number of hydrogen-bond donors (Lipinski definition) is 3. The molecular weight excluding hydrogens is 372 g/mol. The van der Waals surface area contributed by atoms with E-state index in [2.05, 4.69) is 20.5 Å². The van der Waals surface area contributed by atoms with Crippen LogP contribution in [0, 0.1) is 5.41 Å². The highest BCUT2D eigenvalue weighted by Crippen LogP contribution is 2.22. The first-order valence-corrected chi connectivity index (χ1v) is 10.3. The summed E-state index contributed by atoms with van der Waals surface area (Å²) in [4.78, 5) is 43.0. The number of ketones is 1. The molecule has 0 radical (unpaired) electrons. The molecule has 2 saturated heterocycles. The molecule has 29 heavy (non-hydrogen) atoms. The van der Waals surface area contributed by atoms with Crippen molar-refractivity contribution in [3.05, 3.63) is 24.0 Å². The summed E-state index contributed by atoms with van der Waals surface area (Å²) in [6.45, 7) is 8.67. The van der Waals surface area contributed by atoms with Crippen molar-refractivity contribution < 1.29 is 19.1 Å². The van der Waals surface area contributed by atoms with Crippen LogP contribution in [0.15, 0.2) is 18.5 Å². The normalized spacial score (nSPS) is 23.9. The van der Waals surface area contributed by atoms with Crippen molar-refractivity contribution in [2.24, 2.45) is 5.41 Å². The predicted molar refractivity (Wildman–Crippen MR) is 108 cm³/mol. The molecule has 3 heterocycles. The second-order valence-electron chi connectivity index (χ2n) is 9.20. The maximum Gasteiger partial charge on any atom is 0.253 e. The van der Waals surface area contributed by atoms with Gasteiger partial charge >= 0.3 is 0 Å². The van der Waals surface area contributed by atoms with Gasteiger partial charge in [-0.05, 0) is 43.8 Å². The van der Waals surface area contributed by atoms with E-state index in [1.165, 1.54) is 0 Å². The second kappa shape index (κ2) is 9.09. The Bertz CT molecular complexity index is 720. The zero-order valence-electron chi connectivity index (χ0n) is 17.5. The maximum atomic E-state index is 13.1. The van der Waals surface area contributed by atoms with Crippen LogP contribution in [0.4, 0.5) is 0 Å². The Morgan fingerprint density at radius 3 is 2.66 bits per heavy atom. The number of likely N-dealkylation sites (tertiary alicyclic amines) is 1. The lowest BCUT2D eigenvalue weighted by Gasteiger charge is -2.28. The lowest BCUT2D eigenvalue weighted by Crippen LogP contribution is -2.55. The third-order valence-corrected chi connectivity index (χ3v) is 5.39. The summed E-state index contributed by atoms with van der Waals surface area (Å²) in [5.41, 5.74) is 0.280. The number of aromatic nitrogens is 1. The molecule has 0 spiro atoms. The fourth-order valence-electron chi connectivity index (χ4n) is 3.92. The summed E-state index contributed by atoms with van der Waals surface area (Å²) < 4.78 is 5.66. The highest BCUT2D eigenvalue weighted by atomic mass is 16.5. The van der Waals surface area contributed by atoms with E-state index in [0.29, 0.717) is 18.5 Å². The van der Waals surface area contributed by atoms with E-state index in [1.54, 1.807) is 18.5 Å². The monoisotopic (exact) mass is 404 g/mol. The van der Waals surface area contributed by atoms with E-state index in [9.17, 15) is 14.4 Å². The van der Waals surface area contributed by atoms with Crippen molar-refractivity contribution in [2.75, 3.05) is 26.2 Å². The van der Waals surface area contributed by atoms with Gasteiger partial charge in [-0.1, -0.05) is 20.8 Å². The summed E-state index contributed by atoms with van der Waals surface area (Å²) in [7, 11) is 0. The summed E-state index contributed by atoms with van der Waals surface area (Å²) in [5.74, 6) is -0.786. The van der Waals surface area contributed by atoms with Gasteiger partial charge in [-0.2, -0.15) is 0 Å². The molecule has 3 unspecified atom stereocenters. The molecule has 2 amide bonds. The van der Waals surface area contributed by atoms with Crippen molar-refractivity contribution in [2.45, 2.75) is 58.2 Å². The molecule has 3 N–H and O–H groups in total. The summed E-state index contributed by atoms with van der Waals surface area (Å²) >= 11 is 0. The van der Waals surface area contributed by atoms with Gasteiger partial charge < -0.3 is 25.3 Å². The molecule has 8 nitrogen and oxygen atoms in total. The first-order valence-electron chi connectivity index (χ1n) is 10.3. The lowest BCUT2D eigenvalue weighted by atomic mass is 9.87. The number of nitrogens with zero attached hydrogens (tertiary/aromatic N) is 1.